The van der Waals surface area contributed by atoms with Crippen LogP contribution in [0.15, 0.2) is 52.7 Å². The van der Waals surface area contributed by atoms with Gasteiger partial charge in [-0.2, -0.15) is 0 Å². The van der Waals surface area contributed by atoms with E-state index in [0.29, 0.717) is 0 Å². The second-order valence-electron chi connectivity index (χ2n) is 6.33. The topological polar surface area (TPSA) is 41.1 Å². The summed E-state index contributed by atoms with van der Waals surface area (Å²) in [6.45, 7) is 3.14. The molecule has 0 atom stereocenters. The molecule has 0 spiro atoms. The first-order chi connectivity index (χ1) is 12.6. The van der Waals surface area contributed by atoms with E-state index in [-0.39, 0.29) is 0 Å². The van der Waals surface area contributed by atoms with Crippen LogP contribution >= 0.6 is 11.3 Å². The molecule has 3 rings (SSSR count). The minimum atomic E-state index is 0.854. The molecule has 0 unspecified atom stereocenters. The van der Waals surface area contributed by atoms with E-state index in [2.05, 4.69) is 50.9 Å². The molecule has 0 amide bonds. The first-order valence-corrected chi connectivity index (χ1v) is 9.63. The second-order valence-corrected chi connectivity index (χ2v) is 7.34. The molecule has 0 bridgehead atoms. The van der Waals surface area contributed by atoms with Gasteiger partial charge in [0.15, 0.2) is 0 Å². The molecule has 5 nitrogen and oxygen atoms in total. The van der Waals surface area contributed by atoms with E-state index in [1.165, 1.54) is 5.52 Å². The Labute approximate surface area is 158 Å². The highest BCUT2D eigenvalue weighted by molar-refractivity contribution is 7.21. The molecule has 2 aromatic carbocycles. The fraction of sp³-hybridized carbons (Fsp3) is 0.350. The molecule has 6 heteroatoms. The van der Waals surface area contributed by atoms with E-state index in [9.17, 15) is 0 Å². The number of unbranched alkanes of at least 4 members (excludes halogenated alkanes) is 1. The zero-order chi connectivity index (χ0) is 18.5. The average molecular weight is 370 g/mol. The number of nitrogens with zero attached hydrogens (tertiary/aromatic N) is 4. The van der Waals surface area contributed by atoms with Crippen molar-refractivity contribution in [1.82, 2.24) is 0 Å². The molecule has 0 radical (unpaired) electrons. The van der Waals surface area contributed by atoms with Crippen molar-refractivity contribution in [3.05, 3.63) is 42.5 Å². The first-order valence-electron chi connectivity index (χ1n) is 8.82. The number of hydrogen-bond donors (Lipinski definition) is 0. The number of rotatable bonds is 7. The van der Waals surface area contributed by atoms with Gasteiger partial charge in [-0.1, -0.05) is 13.3 Å². The number of ether oxygens (including phenoxy) is 1. The summed E-state index contributed by atoms with van der Waals surface area (Å²) in [5.41, 5.74) is 3.18. The normalized spacial score (nSPS) is 11.4. The lowest BCUT2D eigenvalue weighted by molar-refractivity contribution is -0.655. The summed E-state index contributed by atoms with van der Waals surface area (Å²) in [4.78, 5) is 2.07. The number of benzene rings is 2. The molecule has 26 heavy (non-hydrogen) atoms. The van der Waals surface area contributed by atoms with Crippen LogP contribution in [0.1, 0.15) is 19.8 Å². The Morgan fingerprint density at radius 3 is 2.50 bits per heavy atom. The maximum Gasteiger partial charge on any atom is 0.409 e. The quantitative estimate of drug-likeness (QED) is 0.409. The Hall–Kier alpha value is -2.47. The third-order valence-electron chi connectivity index (χ3n) is 4.24. The average Bonchev–Trinajstić information content (AvgIpc) is 3.01. The van der Waals surface area contributed by atoms with E-state index in [0.717, 1.165) is 46.3 Å². The number of thiazole rings is 1. The summed E-state index contributed by atoms with van der Waals surface area (Å²) in [7, 11) is 5.75. The lowest BCUT2D eigenvalue weighted by Crippen LogP contribution is -2.32. The van der Waals surface area contributed by atoms with Crippen molar-refractivity contribution in [3.63, 3.8) is 0 Å². The Balaban J connectivity index is 1.94. The summed E-state index contributed by atoms with van der Waals surface area (Å²) in [5.74, 6) is 0.865. The molecule has 1 aromatic heterocycles. The highest BCUT2D eigenvalue weighted by Crippen LogP contribution is 2.31. The Morgan fingerprint density at radius 1 is 1.08 bits per heavy atom. The largest absolute Gasteiger partial charge is 0.497 e. The van der Waals surface area contributed by atoms with Crippen LogP contribution in [-0.2, 0) is 6.54 Å². The standard InChI is InChI=1S/C20H25N4OS/c1-5-6-13-24-18-12-11-17(25-4)14-19(18)26-20(24)22-21-15-7-9-16(10-8-15)23(2)3/h7-12,14H,5-6,13H2,1-4H3/q+1. The Bertz CT molecular complexity index is 900. The number of azo groups is 1. The van der Waals surface area contributed by atoms with Gasteiger partial charge in [0.1, 0.15) is 17.0 Å². The van der Waals surface area contributed by atoms with Gasteiger partial charge in [-0.25, -0.2) is 4.57 Å². The highest BCUT2D eigenvalue weighted by atomic mass is 32.1. The number of anilines is 1. The van der Waals surface area contributed by atoms with Crippen molar-refractivity contribution in [1.29, 1.82) is 0 Å². The third-order valence-corrected chi connectivity index (χ3v) is 5.27. The molecule has 0 aliphatic heterocycles. The Kier molecular flexibility index (Phi) is 5.83. The van der Waals surface area contributed by atoms with Gasteiger partial charge in [-0.15, -0.1) is 0 Å². The summed E-state index contributed by atoms with van der Waals surface area (Å²) < 4.78 is 8.77. The zero-order valence-electron chi connectivity index (χ0n) is 15.8. The Morgan fingerprint density at radius 2 is 1.85 bits per heavy atom. The lowest BCUT2D eigenvalue weighted by Gasteiger charge is -2.11. The maximum atomic E-state index is 5.35. The van der Waals surface area contributed by atoms with Crippen LogP contribution in [0.3, 0.4) is 0 Å². The smallest absolute Gasteiger partial charge is 0.409 e. The van der Waals surface area contributed by atoms with E-state index < -0.39 is 0 Å². The molecule has 0 fully saturated rings. The van der Waals surface area contributed by atoms with Crippen LogP contribution in [0, 0.1) is 0 Å². The van der Waals surface area contributed by atoms with Crippen LogP contribution in [0.5, 0.6) is 5.75 Å². The van der Waals surface area contributed by atoms with E-state index in [1.807, 2.05) is 32.3 Å². The second kappa shape index (κ2) is 8.27. The minimum Gasteiger partial charge on any atom is -0.497 e. The van der Waals surface area contributed by atoms with Crippen molar-refractivity contribution < 1.29 is 9.30 Å². The molecule has 0 aliphatic carbocycles. The summed E-state index contributed by atoms with van der Waals surface area (Å²) in [5, 5.41) is 9.91. The first kappa shape index (κ1) is 18.3. The molecule has 3 aromatic rings. The summed E-state index contributed by atoms with van der Waals surface area (Å²) in [6.07, 6.45) is 2.26. The number of fused-ring (bicyclic) bond motifs is 1. The van der Waals surface area contributed by atoms with Gasteiger partial charge in [0, 0.05) is 25.8 Å². The summed E-state index contributed by atoms with van der Waals surface area (Å²) >= 11 is 1.65. The van der Waals surface area contributed by atoms with Crippen LogP contribution in [-0.4, -0.2) is 21.2 Å². The van der Waals surface area contributed by atoms with Gasteiger partial charge in [0.2, 0.25) is 0 Å². The highest BCUT2D eigenvalue weighted by Gasteiger charge is 2.19. The molecule has 0 saturated heterocycles. The SMILES string of the molecule is CCCC[n+]1c(N=Nc2ccc(N(C)C)cc2)sc2cc(OC)ccc21. The van der Waals surface area contributed by atoms with Gasteiger partial charge >= 0.3 is 5.13 Å². The minimum absolute atomic E-state index is 0.854. The predicted molar refractivity (Wildman–Crippen MR) is 108 cm³/mol. The van der Waals surface area contributed by atoms with Crippen LogP contribution in [0.25, 0.3) is 10.2 Å². The van der Waals surface area contributed by atoms with Crippen LogP contribution < -0.4 is 14.2 Å². The maximum absolute atomic E-state index is 5.35. The van der Waals surface area contributed by atoms with Crippen LogP contribution in [0.4, 0.5) is 16.5 Å². The molecule has 1 heterocycles. The molecular formula is C20H25N4OS+. The number of methoxy groups -OCH3 is 1. The predicted octanol–water partition coefficient (Wildman–Crippen LogP) is 5.48. The van der Waals surface area contributed by atoms with Gasteiger partial charge < -0.3 is 9.64 Å². The van der Waals surface area contributed by atoms with E-state index >= 15 is 0 Å². The van der Waals surface area contributed by atoms with Crippen molar-refractivity contribution in [2.75, 3.05) is 26.1 Å². The van der Waals surface area contributed by atoms with Crippen molar-refractivity contribution in [2.24, 2.45) is 10.2 Å². The summed E-state index contributed by atoms with van der Waals surface area (Å²) in [6, 6.07) is 14.2. The number of hydrogen-bond acceptors (Lipinski definition) is 5. The van der Waals surface area contributed by atoms with Gasteiger partial charge in [0.25, 0.3) is 0 Å². The molecule has 0 N–H and O–H groups in total. The fourth-order valence-electron chi connectivity index (χ4n) is 2.71. The molecular weight excluding hydrogens is 344 g/mol. The van der Waals surface area contributed by atoms with E-state index in [1.54, 1.807) is 18.4 Å². The molecule has 136 valence electrons. The van der Waals surface area contributed by atoms with Gasteiger partial charge in [-0.05, 0) is 59.3 Å². The molecule has 0 aliphatic rings. The molecule has 0 saturated carbocycles. The van der Waals surface area contributed by atoms with Gasteiger partial charge in [0.05, 0.1) is 23.5 Å². The lowest BCUT2D eigenvalue weighted by atomic mass is 10.3. The fourth-order valence-corrected chi connectivity index (χ4v) is 3.74. The van der Waals surface area contributed by atoms with Gasteiger partial charge in [-0.3, -0.25) is 0 Å². The third kappa shape index (κ3) is 4.02. The van der Waals surface area contributed by atoms with Crippen molar-refractivity contribution in [3.8, 4) is 5.75 Å². The zero-order valence-corrected chi connectivity index (χ0v) is 16.6. The van der Waals surface area contributed by atoms with Crippen LogP contribution in [0.2, 0.25) is 0 Å². The van der Waals surface area contributed by atoms with Crippen molar-refractivity contribution in [2.45, 2.75) is 26.3 Å². The van der Waals surface area contributed by atoms with Crippen molar-refractivity contribution >= 4 is 38.1 Å². The van der Waals surface area contributed by atoms with E-state index in [4.69, 9.17) is 4.74 Å². The number of aryl methyl sites for hydroxylation is 1. The monoisotopic (exact) mass is 369 g/mol. The number of aromatic nitrogens is 1.